The fourth-order valence-electron chi connectivity index (χ4n) is 3.19. The van der Waals surface area contributed by atoms with E-state index in [1.54, 1.807) is 4.90 Å². The number of rotatable bonds is 4. The zero-order valence-electron chi connectivity index (χ0n) is 12.2. The van der Waals surface area contributed by atoms with E-state index >= 15 is 0 Å². The third-order valence-electron chi connectivity index (χ3n) is 4.93. The van der Waals surface area contributed by atoms with Gasteiger partial charge in [0.05, 0.1) is 24.5 Å². The molecule has 20 heavy (non-hydrogen) atoms. The Labute approximate surface area is 119 Å². The Bertz CT molecular complexity index is 377. The molecule has 2 aliphatic rings. The van der Waals surface area contributed by atoms with Crippen LogP contribution in [0.2, 0.25) is 0 Å². The number of piperidine rings is 1. The summed E-state index contributed by atoms with van der Waals surface area (Å²) in [6.07, 6.45) is 1.71. The molecule has 2 atom stereocenters. The molecule has 1 amide bonds. The second-order valence-electron chi connectivity index (χ2n) is 5.80. The van der Waals surface area contributed by atoms with Gasteiger partial charge < -0.3 is 20.1 Å². The van der Waals surface area contributed by atoms with E-state index in [4.69, 9.17) is 4.74 Å². The molecule has 2 saturated heterocycles. The standard InChI is InChI=1S/C14H24N2O4/c1-3-14(13(18)19)4-6-16(7-5-14)12(17)10-8-20-9-11(10)15-2/h10-11,15H,3-9H2,1-2H3,(H,18,19). The van der Waals surface area contributed by atoms with Crippen LogP contribution < -0.4 is 5.32 Å². The van der Waals surface area contributed by atoms with Crippen LogP contribution >= 0.6 is 0 Å². The molecule has 2 aliphatic heterocycles. The van der Waals surface area contributed by atoms with E-state index in [0.717, 1.165) is 0 Å². The highest BCUT2D eigenvalue weighted by atomic mass is 16.5. The van der Waals surface area contributed by atoms with Gasteiger partial charge in [0.1, 0.15) is 0 Å². The maximum absolute atomic E-state index is 12.5. The van der Waals surface area contributed by atoms with E-state index in [1.807, 2.05) is 14.0 Å². The van der Waals surface area contributed by atoms with E-state index in [2.05, 4.69) is 5.32 Å². The molecule has 0 saturated carbocycles. The average Bonchev–Trinajstić information content (AvgIpc) is 2.94. The molecule has 114 valence electrons. The molecular weight excluding hydrogens is 260 g/mol. The summed E-state index contributed by atoms with van der Waals surface area (Å²) in [6.45, 7) is 4.00. The number of hydrogen-bond acceptors (Lipinski definition) is 4. The number of amides is 1. The first-order valence-corrected chi connectivity index (χ1v) is 7.31. The summed E-state index contributed by atoms with van der Waals surface area (Å²) < 4.78 is 5.37. The summed E-state index contributed by atoms with van der Waals surface area (Å²) in [4.78, 5) is 25.7. The maximum Gasteiger partial charge on any atom is 0.309 e. The molecule has 0 radical (unpaired) electrons. The van der Waals surface area contributed by atoms with E-state index in [9.17, 15) is 14.7 Å². The topological polar surface area (TPSA) is 78.9 Å². The zero-order chi connectivity index (χ0) is 14.8. The van der Waals surface area contributed by atoms with Gasteiger partial charge in [0, 0.05) is 19.1 Å². The van der Waals surface area contributed by atoms with Gasteiger partial charge in [0.25, 0.3) is 0 Å². The van der Waals surface area contributed by atoms with Gasteiger partial charge in [-0.1, -0.05) is 6.92 Å². The number of likely N-dealkylation sites (tertiary alicyclic amines) is 1. The molecule has 0 bridgehead atoms. The van der Waals surface area contributed by atoms with E-state index in [1.165, 1.54) is 0 Å². The van der Waals surface area contributed by atoms with Crippen molar-refractivity contribution in [2.75, 3.05) is 33.4 Å². The highest BCUT2D eigenvalue weighted by molar-refractivity contribution is 5.81. The molecule has 2 unspecified atom stereocenters. The molecule has 0 aromatic rings. The Morgan fingerprint density at radius 3 is 2.50 bits per heavy atom. The lowest BCUT2D eigenvalue weighted by atomic mass is 9.76. The van der Waals surface area contributed by atoms with Crippen molar-refractivity contribution in [3.63, 3.8) is 0 Å². The van der Waals surface area contributed by atoms with Crippen molar-refractivity contribution < 1.29 is 19.4 Å². The number of hydrogen-bond donors (Lipinski definition) is 2. The van der Waals surface area contributed by atoms with Gasteiger partial charge in [0.15, 0.2) is 0 Å². The van der Waals surface area contributed by atoms with Gasteiger partial charge in [-0.05, 0) is 26.3 Å². The first-order valence-electron chi connectivity index (χ1n) is 7.31. The van der Waals surface area contributed by atoms with E-state index < -0.39 is 11.4 Å². The largest absolute Gasteiger partial charge is 0.481 e. The smallest absolute Gasteiger partial charge is 0.309 e. The molecule has 0 aromatic heterocycles. The van der Waals surface area contributed by atoms with Crippen molar-refractivity contribution in [2.24, 2.45) is 11.3 Å². The molecule has 0 aromatic carbocycles. The van der Waals surface area contributed by atoms with Crippen LogP contribution in [-0.2, 0) is 14.3 Å². The van der Waals surface area contributed by atoms with Crippen molar-refractivity contribution >= 4 is 11.9 Å². The second kappa shape index (κ2) is 6.10. The van der Waals surface area contributed by atoms with Crippen LogP contribution in [0.1, 0.15) is 26.2 Å². The highest BCUT2D eigenvalue weighted by Gasteiger charge is 2.43. The molecule has 2 N–H and O–H groups in total. The lowest BCUT2D eigenvalue weighted by Gasteiger charge is -2.39. The van der Waals surface area contributed by atoms with Crippen molar-refractivity contribution in [1.29, 1.82) is 0 Å². The predicted molar refractivity (Wildman–Crippen MR) is 73.3 cm³/mol. The van der Waals surface area contributed by atoms with Crippen LogP contribution in [0.5, 0.6) is 0 Å². The van der Waals surface area contributed by atoms with Crippen molar-refractivity contribution in [3.8, 4) is 0 Å². The molecule has 0 aliphatic carbocycles. The van der Waals surface area contributed by atoms with Gasteiger partial charge in [-0.3, -0.25) is 9.59 Å². The molecular formula is C14H24N2O4. The van der Waals surface area contributed by atoms with Crippen LogP contribution in [-0.4, -0.2) is 61.3 Å². The SMILES string of the molecule is CCC1(C(=O)O)CCN(C(=O)C2COCC2NC)CC1. The number of nitrogens with zero attached hydrogens (tertiary/aromatic N) is 1. The Hall–Kier alpha value is -1.14. The Morgan fingerprint density at radius 1 is 1.35 bits per heavy atom. The summed E-state index contributed by atoms with van der Waals surface area (Å²) >= 11 is 0. The quantitative estimate of drug-likeness (QED) is 0.777. The minimum Gasteiger partial charge on any atom is -0.481 e. The third-order valence-corrected chi connectivity index (χ3v) is 4.93. The number of carboxylic acid groups (broad SMARTS) is 1. The number of carbonyl (C=O) groups is 2. The first-order chi connectivity index (χ1) is 9.54. The lowest BCUT2D eigenvalue weighted by Crippen LogP contribution is -2.50. The van der Waals surface area contributed by atoms with E-state index in [-0.39, 0.29) is 17.9 Å². The fourth-order valence-corrected chi connectivity index (χ4v) is 3.19. The summed E-state index contributed by atoms with van der Waals surface area (Å²) in [7, 11) is 1.84. The van der Waals surface area contributed by atoms with Crippen LogP contribution in [0.15, 0.2) is 0 Å². The Balaban J connectivity index is 1.96. The fraction of sp³-hybridized carbons (Fsp3) is 0.857. The van der Waals surface area contributed by atoms with Crippen molar-refractivity contribution in [3.05, 3.63) is 0 Å². The van der Waals surface area contributed by atoms with Gasteiger partial charge in [-0.25, -0.2) is 0 Å². The number of ether oxygens (including phenoxy) is 1. The minimum atomic E-state index is -0.732. The van der Waals surface area contributed by atoms with Crippen LogP contribution in [0.3, 0.4) is 0 Å². The maximum atomic E-state index is 12.5. The second-order valence-corrected chi connectivity index (χ2v) is 5.80. The zero-order valence-corrected chi connectivity index (χ0v) is 12.2. The normalized spacial score (nSPS) is 29.4. The van der Waals surface area contributed by atoms with Gasteiger partial charge in [0.2, 0.25) is 5.91 Å². The van der Waals surface area contributed by atoms with Gasteiger partial charge >= 0.3 is 5.97 Å². The monoisotopic (exact) mass is 284 g/mol. The number of likely N-dealkylation sites (N-methyl/N-ethyl adjacent to an activating group) is 1. The average molecular weight is 284 g/mol. The molecule has 2 rings (SSSR count). The van der Waals surface area contributed by atoms with Gasteiger partial charge in [-0.2, -0.15) is 0 Å². The van der Waals surface area contributed by atoms with Crippen LogP contribution in [0.4, 0.5) is 0 Å². The molecule has 6 heteroatoms. The first kappa shape index (κ1) is 15.3. The lowest BCUT2D eigenvalue weighted by molar-refractivity contribution is -0.155. The van der Waals surface area contributed by atoms with E-state index in [0.29, 0.717) is 45.6 Å². The molecule has 2 heterocycles. The summed E-state index contributed by atoms with van der Waals surface area (Å²) in [5, 5.41) is 12.5. The highest BCUT2D eigenvalue weighted by Crippen LogP contribution is 2.35. The van der Waals surface area contributed by atoms with Crippen LogP contribution in [0.25, 0.3) is 0 Å². The van der Waals surface area contributed by atoms with Crippen molar-refractivity contribution in [1.82, 2.24) is 10.2 Å². The Kier molecular flexibility index (Phi) is 4.65. The molecule has 6 nitrogen and oxygen atoms in total. The summed E-state index contributed by atoms with van der Waals surface area (Å²) in [6, 6.07) is 0.0693. The number of nitrogens with one attached hydrogen (secondary N) is 1. The summed E-state index contributed by atoms with van der Waals surface area (Å²) in [5.74, 6) is -0.778. The minimum absolute atomic E-state index is 0.0693. The number of aliphatic carboxylic acids is 1. The molecule has 2 fully saturated rings. The number of carboxylic acids is 1. The van der Waals surface area contributed by atoms with Crippen molar-refractivity contribution in [2.45, 2.75) is 32.2 Å². The molecule has 0 spiro atoms. The summed E-state index contributed by atoms with van der Waals surface area (Å²) in [5.41, 5.74) is -0.647. The van der Waals surface area contributed by atoms with Crippen LogP contribution in [0, 0.1) is 11.3 Å². The third kappa shape index (κ3) is 2.67. The predicted octanol–water partition coefficient (Wildman–Crippen LogP) is 0.324. The van der Waals surface area contributed by atoms with Gasteiger partial charge in [-0.15, -0.1) is 0 Å². The Morgan fingerprint density at radius 2 is 2.00 bits per heavy atom. The number of carbonyl (C=O) groups excluding carboxylic acids is 1.